The van der Waals surface area contributed by atoms with E-state index in [2.05, 4.69) is 0 Å². The van der Waals surface area contributed by atoms with Crippen LogP contribution in [0.3, 0.4) is 0 Å². The van der Waals surface area contributed by atoms with Gasteiger partial charge in [-0.05, 0) is 32.6 Å². The van der Waals surface area contributed by atoms with Crippen molar-refractivity contribution in [2.75, 3.05) is 20.3 Å². The highest BCUT2D eigenvalue weighted by Gasteiger charge is 2.43. The van der Waals surface area contributed by atoms with Gasteiger partial charge in [0.2, 0.25) is 5.91 Å². The molecule has 1 saturated carbocycles. The topological polar surface area (TPSA) is 66.8 Å². The molecule has 19 heavy (non-hydrogen) atoms. The van der Waals surface area contributed by atoms with Crippen molar-refractivity contribution in [3.63, 3.8) is 0 Å². The number of amides is 1. The summed E-state index contributed by atoms with van der Waals surface area (Å²) in [5.74, 6) is -1.51. The van der Waals surface area contributed by atoms with Crippen LogP contribution < -0.4 is 0 Å². The van der Waals surface area contributed by atoms with Crippen molar-refractivity contribution < 1.29 is 19.4 Å². The van der Waals surface area contributed by atoms with Crippen LogP contribution in [-0.4, -0.2) is 48.2 Å². The Hall–Kier alpha value is -1.10. The minimum absolute atomic E-state index is 0.0381. The second-order valence-electron chi connectivity index (χ2n) is 5.75. The largest absolute Gasteiger partial charge is 0.481 e. The van der Waals surface area contributed by atoms with Gasteiger partial charge in [-0.2, -0.15) is 0 Å². The molecule has 1 aliphatic carbocycles. The van der Waals surface area contributed by atoms with Crippen molar-refractivity contribution in [2.45, 2.75) is 39.7 Å². The molecule has 0 aliphatic heterocycles. The van der Waals surface area contributed by atoms with E-state index < -0.39 is 11.9 Å². The second-order valence-corrected chi connectivity index (χ2v) is 5.75. The molecule has 1 N–H and O–H groups in total. The molecular formula is C14H25NO4. The van der Waals surface area contributed by atoms with Gasteiger partial charge in [-0.25, -0.2) is 0 Å². The van der Waals surface area contributed by atoms with Gasteiger partial charge >= 0.3 is 5.97 Å². The zero-order chi connectivity index (χ0) is 14.6. The number of rotatable bonds is 6. The van der Waals surface area contributed by atoms with Gasteiger partial charge in [0.25, 0.3) is 0 Å². The standard InChI is InChI=1S/C14H25NO4/c1-9(2)15(5-6-19-4)13(16)11-7-10(3)8-12(11)14(17)18/h9-12H,5-8H2,1-4H3,(H,17,18)/t10?,11-,12+/m0/s1. The Bertz CT molecular complexity index is 329. The van der Waals surface area contributed by atoms with Crippen LogP contribution in [0, 0.1) is 17.8 Å². The number of carbonyl (C=O) groups is 2. The minimum Gasteiger partial charge on any atom is -0.481 e. The van der Waals surface area contributed by atoms with Gasteiger partial charge in [0.05, 0.1) is 18.4 Å². The smallest absolute Gasteiger partial charge is 0.307 e. The molecule has 0 spiro atoms. The maximum absolute atomic E-state index is 12.6. The lowest BCUT2D eigenvalue weighted by molar-refractivity contribution is -0.150. The molecule has 5 heteroatoms. The summed E-state index contributed by atoms with van der Waals surface area (Å²) in [5.41, 5.74) is 0. The molecule has 0 aromatic heterocycles. The van der Waals surface area contributed by atoms with Crippen LogP contribution in [0.15, 0.2) is 0 Å². The summed E-state index contributed by atoms with van der Waals surface area (Å²) < 4.78 is 5.02. The van der Waals surface area contributed by atoms with Crippen molar-refractivity contribution in [1.29, 1.82) is 0 Å². The molecule has 1 amide bonds. The van der Waals surface area contributed by atoms with Crippen LogP contribution in [0.25, 0.3) is 0 Å². The van der Waals surface area contributed by atoms with Crippen LogP contribution in [0.1, 0.15) is 33.6 Å². The first-order valence-corrected chi connectivity index (χ1v) is 6.90. The van der Waals surface area contributed by atoms with Gasteiger partial charge in [0.1, 0.15) is 0 Å². The Morgan fingerprint density at radius 1 is 1.32 bits per heavy atom. The van der Waals surface area contributed by atoms with E-state index in [1.54, 1.807) is 12.0 Å². The molecule has 1 fully saturated rings. The fraction of sp³-hybridized carbons (Fsp3) is 0.857. The molecule has 1 aliphatic rings. The molecule has 5 nitrogen and oxygen atoms in total. The molecule has 3 atom stereocenters. The van der Waals surface area contributed by atoms with Gasteiger partial charge in [0, 0.05) is 19.7 Å². The third kappa shape index (κ3) is 3.93. The Morgan fingerprint density at radius 2 is 1.89 bits per heavy atom. The van der Waals surface area contributed by atoms with Crippen molar-refractivity contribution in [3.05, 3.63) is 0 Å². The fourth-order valence-electron chi connectivity index (χ4n) is 2.86. The lowest BCUT2D eigenvalue weighted by Gasteiger charge is -2.30. The third-order valence-electron chi connectivity index (χ3n) is 3.88. The van der Waals surface area contributed by atoms with Gasteiger partial charge in [-0.3, -0.25) is 9.59 Å². The number of carboxylic acids is 1. The molecule has 0 saturated heterocycles. The molecule has 0 bridgehead atoms. The molecule has 0 radical (unpaired) electrons. The van der Waals surface area contributed by atoms with E-state index in [1.165, 1.54) is 0 Å². The molecule has 0 heterocycles. The van der Waals surface area contributed by atoms with Crippen molar-refractivity contribution in [3.8, 4) is 0 Å². The average Bonchev–Trinajstić information content (AvgIpc) is 2.71. The first kappa shape index (κ1) is 16.0. The van der Waals surface area contributed by atoms with Crippen LogP contribution in [-0.2, 0) is 14.3 Å². The predicted molar refractivity (Wildman–Crippen MR) is 71.7 cm³/mol. The Labute approximate surface area is 114 Å². The molecule has 1 unspecified atom stereocenters. The summed E-state index contributed by atoms with van der Waals surface area (Å²) in [6.07, 6.45) is 1.27. The zero-order valence-electron chi connectivity index (χ0n) is 12.3. The van der Waals surface area contributed by atoms with Crippen molar-refractivity contribution in [1.82, 2.24) is 4.90 Å². The number of hydrogen-bond donors (Lipinski definition) is 1. The van der Waals surface area contributed by atoms with Crippen molar-refractivity contribution >= 4 is 11.9 Å². The normalized spacial score (nSPS) is 26.7. The first-order chi connectivity index (χ1) is 8.88. The van der Waals surface area contributed by atoms with E-state index in [-0.39, 0.29) is 17.9 Å². The lowest BCUT2D eigenvalue weighted by atomic mass is 9.94. The van der Waals surface area contributed by atoms with Crippen LogP contribution in [0.2, 0.25) is 0 Å². The van der Waals surface area contributed by atoms with E-state index in [1.807, 2.05) is 20.8 Å². The highest BCUT2D eigenvalue weighted by atomic mass is 16.5. The van der Waals surface area contributed by atoms with E-state index in [4.69, 9.17) is 4.74 Å². The first-order valence-electron chi connectivity index (χ1n) is 6.90. The summed E-state index contributed by atoms with van der Waals surface area (Å²) in [7, 11) is 1.60. The quantitative estimate of drug-likeness (QED) is 0.797. The Balaban J connectivity index is 2.80. The summed E-state index contributed by atoms with van der Waals surface area (Å²) in [5, 5.41) is 9.25. The maximum Gasteiger partial charge on any atom is 0.307 e. The molecule has 0 aromatic carbocycles. The molecular weight excluding hydrogens is 246 g/mol. The van der Waals surface area contributed by atoms with Gasteiger partial charge in [0.15, 0.2) is 0 Å². The van der Waals surface area contributed by atoms with Gasteiger partial charge < -0.3 is 14.7 Å². The van der Waals surface area contributed by atoms with E-state index >= 15 is 0 Å². The minimum atomic E-state index is -0.849. The zero-order valence-corrected chi connectivity index (χ0v) is 12.3. The SMILES string of the molecule is COCCN(C(=O)[C@H]1CC(C)C[C@H]1C(=O)O)C(C)C. The highest BCUT2D eigenvalue weighted by molar-refractivity contribution is 5.85. The van der Waals surface area contributed by atoms with Gasteiger partial charge in [-0.15, -0.1) is 0 Å². The third-order valence-corrected chi connectivity index (χ3v) is 3.88. The number of carbonyl (C=O) groups excluding carboxylic acids is 1. The molecule has 1 rings (SSSR count). The van der Waals surface area contributed by atoms with E-state index in [9.17, 15) is 14.7 Å². The van der Waals surface area contributed by atoms with Crippen LogP contribution in [0.5, 0.6) is 0 Å². The number of hydrogen-bond acceptors (Lipinski definition) is 3. The Kier molecular flexibility index (Phi) is 5.79. The second kappa shape index (κ2) is 6.89. The summed E-state index contributed by atoms with van der Waals surface area (Å²) in [4.78, 5) is 25.6. The summed E-state index contributed by atoms with van der Waals surface area (Å²) in [6, 6.07) is 0.0630. The number of nitrogens with zero attached hydrogens (tertiary/aromatic N) is 1. The molecule has 110 valence electrons. The number of aliphatic carboxylic acids is 1. The number of carboxylic acid groups (broad SMARTS) is 1. The lowest BCUT2D eigenvalue weighted by Crippen LogP contribution is -2.44. The Morgan fingerprint density at radius 3 is 2.37 bits per heavy atom. The monoisotopic (exact) mass is 271 g/mol. The van der Waals surface area contributed by atoms with Crippen molar-refractivity contribution in [2.24, 2.45) is 17.8 Å². The van der Waals surface area contributed by atoms with Crippen LogP contribution >= 0.6 is 0 Å². The predicted octanol–water partition coefficient (Wildman–Crippen LogP) is 1.62. The van der Waals surface area contributed by atoms with Crippen LogP contribution in [0.4, 0.5) is 0 Å². The fourth-order valence-corrected chi connectivity index (χ4v) is 2.86. The maximum atomic E-state index is 12.6. The average molecular weight is 271 g/mol. The number of methoxy groups -OCH3 is 1. The van der Waals surface area contributed by atoms with E-state index in [0.29, 0.717) is 31.9 Å². The summed E-state index contributed by atoms with van der Waals surface area (Å²) >= 11 is 0. The molecule has 0 aromatic rings. The highest BCUT2D eigenvalue weighted by Crippen LogP contribution is 2.37. The number of ether oxygens (including phenoxy) is 1. The van der Waals surface area contributed by atoms with Gasteiger partial charge in [-0.1, -0.05) is 6.92 Å². The van der Waals surface area contributed by atoms with E-state index in [0.717, 1.165) is 0 Å². The summed E-state index contributed by atoms with van der Waals surface area (Å²) in [6.45, 7) is 6.90.